The minimum atomic E-state index is -1.43. The van der Waals surface area contributed by atoms with Crippen molar-refractivity contribution in [3.8, 4) is 0 Å². The molecule has 1 aromatic rings. The first-order chi connectivity index (χ1) is 6.02. The first-order valence-corrected chi connectivity index (χ1v) is 3.97. The summed E-state index contributed by atoms with van der Waals surface area (Å²) in [6, 6.07) is 3.47. The molecule has 0 aliphatic heterocycles. The van der Waals surface area contributed by atoms with Gasteiger partial charge < -0.3 is 9.90 Å². The van der Waals surface area contributed by atoms with E-state index in [1.54, 1.807) is 0 Å². The molecular formula is C7H3BrNO4-. The highest BCUT2D eigenvalue weighted by atomic mass is 79.9. The molecule has 1 rings (SSSR count). The predicted octanol–water partition coefficient (Wildman–Crippen LogP) is 0.721. The molecule has 0 atom stereocenters. The SMILES string of the molecule is O=C([O-])c1ccc(Br)c([N+](=O)[O-])c1. The molecule has 0 N–H and O–H groups in total. The van der Waals surface area contributed by atoms with Gasteiger partial charge in [-0.2, -0.15) is 0 Å². The summed E-state index contributed by atoms with van der Waals surface area (Å²) in [6.45, 7) is 0. The number of carbonyl (C=O) groups is 1. The van der Waals surface area contributed by atoms with E-state index in [4.69, 9.17) is 0 Å². The Kier molecular flexibility index (Phi) is 2.62. The van der Waals surface area contributed by atoms with Crippen molar-refractivity contribution < 1.29 is 14.8 Å². The van der Waals surface area contributed by atoms with Crippen LogP contribution in [0.1, 0.15) is 10.4 Å². The average Bonchev–Trinajstić information content (AvgIpc) is 2.04. The van der Waals surface area contributed by atoms with E-state index in [9.17, 15) is 20.0 Å². The van der Waals surface area contributed by atoms with E-state index in [1.807, 2.05) is 0 Å². The fourth-order valence-corrected chi connectivity index (χ4v) is 1.17. The smallest absolute Gasteiger partial charge is 0.284 e. The van der Waals surface area contributed by atoms with Gasteiger partial charge in [-0.15, -0.1) is 0 Å². The average molecular weight is 245 g/mol. The van der Waals surface area contributed by atoms with Crippen molar-refractivity contribution in [3.05, 3.63) is 38.3 Å². The molecule has 68 valence electrons. The Hall–Kier alpha value is -1.43. The van der Waals surface area contributed by atoms with Crippen LogP contribution in [0.2, 0.25) is 0 Å². The summed E-state index contributed by atoms with van der Waals surface area (Å²) in [5.74, 6) is -1.43. The van der Waals surface area contributed by atoms with E-state index < -0.39 is 10.9 Å². The van der Waals surface area contributed by atoms with Crippen LogP contribution in [0.4, 0.5) is 5.69 Å². The number of hydrogen-bond acceptors (Lipinski definition) is 4. The summed E-state index contributed by atoms with van der Waals surface area (Å²) in [5.41, 5.74) is -0.503. The Balaban J connectivity index is 3.27. The molecule has 0 heterocycles. The second-order valence-electron chi connectivity index (χ2n) is 2.21. The van der Waals surface area contributed by atoms with Crippen molar-refractivity contribution in [3.63, 3.8) is 0 Å². The number of nitrogens with zero attached hydrogens (tertiary/aromatic N) is 1. The monoisotopic (exact) mass is 244 g/mol. The quantitative estimate of drug-likeness (QED) is 0.567. The lowest BCUT2D eigenvalue weighted by Gasteiger charge is -2.01. The number of nitro groups is 1. The highest BCUT2D eigenvalue weighted by Gasteiger charge is 2.12. The molecule has 0 aliphatic carbocycles. The van der Waals surface area contributed by atoms with E-state index >= 15 is 0 Å². The molecule has 13 heavy (non-hydrogen) atoms. The van der Waals surface area contributed by atoms with Gasteiger partial charge in [0.2, 0.25) is 0 Å². The molecule has 0 fully saturated rings. The van der Waals surface area contributed by atoms with Crippen LogP contribution in [0.15, 0.2) is 22.7 Å². The first-order valence-electron chi connectivity index (χ1n) is 3.17. The van der Waals surface area contributed by atoms with E-state index in [1.165, 1.54) is 12.1 Å². The summed E-state index contributed by atoms with van der Waals surface area (Å²) in [4.78, 5) is 20.0. The van der Waals surface area contributed by atoms with E-state index in [2.05, 4.69) is 15.9 Å². The fourth-order valence-electron chi connectivity index (χ4n) is 0.780. The van der Waals surface area contributed by atoms with Crippen LogP contribution in [-0.2, 0) is 0 Å². The van der Waals surface area contributed by atoms with Gasteiger partial charge in [0.05, 0.1) is 15.4 Å². The Morgan fingerprint density at radius 2 is 2.08 bits per heavy atom. The molecule has 0 saturated carbocycles. The minimum absolute atomic E-state index is 0.213. The van der Waals surface area contributed by atoms with Crippen molar-refractivity contribution in [1.29, 1.82) is 0 Å². The summed E-state index contributed by atoms with van der Waals surface area (Å²) >= 11 is 2.93. The lowest BCUT2D eigenvalue weighted by atomic mass is 10.2. The number of halogens is 1. The third-order valence-corrected chi connectivity index (χ3v) is 2.05. The number of carboxylic acid groups (broad SMARTS) is 1. The van der Waals surface area contributed by atoms with Gasteiger partial charge in [-0.3, -0.25) is 10.1 Å². The second kappa shape index (κ2) is 3.53. The van der Waals surface area contributed by atoms with Crippen LogP contribution >= 0.6 is 15.9 Å². The molecule has 0 saturated heterocycles. The molecule has 0 unspecified atom stereocenters. The van der Waals surface area contributed by atoms with Gasteiger partial charge in [-0.1, -0.05) is 6.07 Å². The van der Waals surface area contributed by atoms with E-state index in [0.717, 1.165) is 6.07 Å². The lowest BCUT2D eigenvalue weighted by Crippen LogP contribution is -2.22. The highest BCUT2D eigenvalue weighted by molar-refractivity contribution is 9.10. The molecular weight excluding hydrogens is 242 g/mol. The third-order valence-electron chi connectivity index (χ3n) is 1.38. The molecule has 5 nitrogen and oxygen atoms in total. The molecule has 0 amide bonds. The maximum Gasteiger partial charge on any atom is 0.284 e. The van der Waals surface area contributed by atoms with Gasteiger partial charge >= 0.3 is 0 Å². The Bertz CT molecular complexity index is 377. The molecule has 6 heteroatoms. The molecule has 0 aliphatic rings. The zero-order chi connectivity index (χ0) is 10.0. The van der Waals surface area contributed by atoms with Crippen molar-refractivity contribution in [1.82, 2.24) is 0 Å². The first kappa shape index (κ1) is 9.66. The highest BCUT2D eigenvalue weighted by Crippen LogP contribution is 2.25. The fraction of sp³-hybridized carbons (Fsp3) is 0. The largest absolute Gasteiger partial charge is 0.545 e. The van der Waals surface area contributed by atoms with Gasteiger partial charge in [0.25, 0.3) is 5.69 Å². The van der Waals surface area contributed by atoms with Crippen molar-refractivity contribution in [2.24, 2.45) is 0 Å². The number of hydrogen-bond donors (Lipinski definition) is 0. The second-order valence-corrected chi connectivity index (χ2v) is 3.07. The van der Waals surface area contributed by atoms with E-state index in [0.29, 0.717) is 0 Å². The van der Waals surface area contributed by atoms with Gasteiger partial charge in [0.15, 0.2) is 0 Å². The Morgan fingerprint density at radius 1 is 1.46 bits per heavy atom. The van der Waals surface area contributed by atoms with Crippen LogP contribution in [-0.4, -0.2) is 10.9 Å². The Labute approximate surface area is 81.3 Å². The molecule has 0 radical (unpaired) electrons. The normalized spacial score (nSPS) is 9.62. The molecule has 0 bridgehead atoms. The number of carboxylic acids is 1. The van der Waals surface area contributed by atoms with Gasteiger partial charge in [-0.05, 0) is 22.0 Å². The van der Waals surface area contributed by atoms with Crippen LogP contribution < -0.4 is 5.11 Å². The predicted molar refractivity (Wildman–Crippen MR) is 45.1 cm³/mol. The third kappa shape index (κ3) is 2.03. The summed E-state index contributed by atoms with van der Waals surface area (Å²) in [7, 11) is 0. The number of benzene rings is 1. The zero-order valence-corrected chi connectivity index (χ0v) is 7.78. The van der Waals surface area contributed by atoms with Gasteiger partial charge in [0, 0.05) is 11.6 Å². The van der Waals surface area contributed by atoms with Crippen LogP contribution in [0.25, 0.3) is 0 Å². The molecule has 1 aromatic carbocycles. The van der Waals surface area contributed by atoms with Crippen molar-refractivity contribution in [2.45, 2.75) is 0 Å². The van der Waals surface area contributed by atoms with Crippen LogP contribution in [0.3, 0.4) is 0 Å². The summed E-state index contributed by atoms with van der Waals surface area (Å²) in [6.07, 6.45) is 0. The van der Waals surface area contributed by atoms with Gasteiger partial charge in [-0.25, -0.2) is 0 Å². The number of carbonyl (C=O) groups excluding carboxylic acids is 1. The zero-order valence-electron chi connectivity index (χ0n) is 6.19. The van der Waals surface area contributed by atoms with Gasteiger partial charge in [0.1, 0.15) is 0 Å². The topological polar surface area (TPSA) is 83.3 Å². The number of rotatable bonds is 2. The Morgan fingerprint density at radius 3 is 2.54 bits per heavy atom. The summed E-state index contributed by atoms with van der Waals surface area (Å²) < 4.78 is 0.238. The standard InChI is InChI=1S/C7H4BrNO4/c8-5-2-1-4(7(10)11)3-6(5)9(12)13/h1-3H,(H,10,11)/p-1. The molecule has 0 spiro atoms. The maximum atomic E-state index is 10.4. The van der Waals surface area contributed by atoms with Crippen LogP contribution in [0, 0.1) is 10.1 Å². The maximum absolute atomic E-state index is 10.4. The molecule has 0 aromatic heterocycles. The van der Waals surface area contributed by atoms with Crippen molar-refractivity contribution in [2.75, 3.05) is 0 Å². The number of aromatic carboxylic acids is 1. The minimum Gasteiger partial charge on any atom is -0.545 e. The number of nitro benzene ring substituents is 1. The van der Waals surface area contributed by atoms with Crippen LogP contribution in [0.5, 0.6) is 0 Å². The van der Waals surface area contributed by atoms with Crippen molar-refractivity contribution >= 4 is 27.6 Å². The van der Waals surface area contributed by atoms with E-state index in [-0.39, 0.29) is 15.7 Å². The lowest BCUT2D eigenvalue weighted by molar-refractivity contribution is -0.385. The summed E-state index contributed by atoms with van der Waals surface area (Å²) in [5, 5.41) is 20.7.